The highest BCUT2D eigenvalue weighted by atomic mass is 32.2. The van der Waals surface area contributed by atoms with Crippen LogP contribution in [-0.4, -0.2) is 24.1 Å². The van der Waals surface area contributed by atoms with Crippen LogP contribution in [0.1, 0.15) is 11.3 Å². The van der Waals surface area contributed by atoms with Crippen LogP contribution in [0.5, 0.6) is 0 Å². The number of nitrogens with one attached hydrogen (secondary N) is 2. The first-order valence-electron chi connectivity index (χ1n) is 5.79. The summed E-state index contributed by atoms with van der Waals surface area (Å²) >= 11 is 0. The van der Waals surface area contributed by atoms with Gasteiger partial charge in [-0.1, -0.05) is 36.9 Å². The van der Waals surface area contributed by atoms with Gasteiger partial charge < -0.3 is 4.98 Å². The third-order valence-electron chi connectivity index (χ3n) is 2.60. The molecule has 0 spiro atoms. The van der Waals surface area contributed by atoms with E-state index in [0.717, 1.165) is 5.56 Å². The Balaban J connectivity index is 1.94. The molecule has 1 heterocycles. The standard InChI is InChI=1S/C13H15N3O2S/c1-11(13-9-14-10-15-13)16-19(17,18)8-7-12-5-3-2-4-6-12/h2-6,9-10,16H,1,7-8H2,(H,14,15). The molecule has 1 aromatic carbocycles. The van der Waals surface area contributed by atoms with E-state index < -0.39 is 10.0 Å². The first-order chi connectivity index (χ1) is 9.07. The Morgan fingerprint density at radius 2 is 2.05 bits per heavy atom. The Labute approximate surface area is 112 Å². The van der Waals surface area contributed by atoms with Crippen LogP contribution in [0.3, 0.4) is 0 Å². The van der Waals surface area contributed by atoms with Gasteiger partial charge >= 0.3 is 0 Å². The van der Waals surface area contributed by atoms with Gasteiger partial charge in [0.05, 0.1) is 29.7 Å². The Hall–Kier alpha value is -2.08. The fraction of sp³-hybridized carbons (Fsp3) is 0.154. The van der Waals surface area contributed by atoms with E-state index in [0.29, 0.717) is 17.8 Å². The minimum absolute atomic E-state index is 0.0180. The molecule has 19 heavy (non-hydrogen) atoms. The maximum Gasteiger partial charge on any atom is 0.233 e. The Morgan fingerprint density at radius 3 is 2.68 bits per heavy atom. The molecule has 100 valence electrons. The third kappa shape index (κ3) is 3.96. The summed E-state index contributed by atoms with van der Waals surface area (Å²) in [7, 11) is -3.40. The lowest BCUT2D eigenvalue weighted by atomic mass is 10.2. The molecular weight excluding hydrogens is 262 g/mol. The van der Waals surface area contributed by atoms with Crippen LogP contribution in [0.2, 0.25) is 0 Å². The van der Waals surface area contributed by atoms with Gasteiger partial charge in [0.2, 0.25) is 10.0 Å². The molecule has 0 unspecified atom stereocenters. The molecule has 0 radical (unpaired) electrons. The predicted octanol–water partition coefficient (Wildman–Crippen LogP) is 1.54. The number of imidazole rings is 1. The van der Waals surface area contributed by atoms with Crippen LogP contribution in [-0.2, 0) is 16.4 Å². The van der Waals surface area contributed by atoms with Gasteiger partial charge in [0.1, 0.15) is 0 Å². The van der Waals surface area contributed by atoms with E-state index in [1.165, 1.54) is 12.5 Å². The number of H-pyrrole nitrogens is 1. The number of hydrogen-bond acceptors (Lipinski definition) is 3. The van der Waals surface area contributed by atoms with Crippen LogP contribution < -0.4 is 4.72 Å². The maximum atomic E-state index is 11.9. The average molecular weight is 277 g/mol. The molecule has 0 bridgehead atoms. The fourth-order valence-corrected chi connectivity index (χ4v) is 2.70. The smallest absolute Gasteiger partial charge is 0.233 e. The van der Waals surface area contributed by atoms with Crippen molar-refractivity contribution in [3.05, 3.63) is 60.7 Å². The number of nitrogens with zero attached hydrogens (tertiary/aromatic N) is 1. The molecule has 1 aromatic heterocycles. The summed E-state index contributed by atoms with van der Waals surface area (Å²) in [5.74, 6) is 0.0180. The topological polar surface area (TPSA) is 74.8 Å². The van der Waals surface area contributed by atoms with Crippen molar-refractivity contribution < 1.29 is 8.42 Å². The normalized spacial score (nSPS) is 11.2. The molecule has 0 aliphatic heterocycles. The maximum absolute atomic E-state index is 11.9. The molecule has 2 N–H and O–H groups in total. The molecule has 0 saturated carbocycles. The SMILES string of the molecule is C=C(NS(=O)(=O)CCc1ccccc1)c1cnc[nH]1. The summed E-state index contributed by atoms with van der Waals surface area (Å²) in [6.07, 6.45) is 3.45. The van der Waals surface area contributed by atoms with E-state index in [4.69, 9.17) is 0 Å². The van der Waals surface area contributed by atoms with Crippen LogP contribution >= 0.6 is 0 Å². The molecule has 0 aliphatic carbocycles. The number of sulfonamides is 1. The number of aryl methyl sites for hydroxylation is 1. The predicted molar refractivity (Wildman–Crippen MR) is 74.7 cm³/mol. The molecule has 2 aromatic rings. The lowest BCUT2D eigenvalue weighted by molar-refractivity contribution is 0.591. The van der Waals surface area contributed by atoms with Crippen LogP contribution in [0.4, 0.5) is 0 Å². The summed E-state index contributed by atoms with van der Waals surface area (Å²) in [5.41, 5.74) is 1.84. The Kier molecular flexibility index (Phi) is 4.01. The fourth-order valence-electron chi connectivity index (χ4n) is 1.61. The van der Waals surface area contributed by atoms with E-state index in [1.807, 2.05) is 30.3 Å². The molecule has 6 heteroatoms. The number of aromatic amines is 1. The number of hydrogen-bond donors (Lipinski definition) is 2. The Morgan fingerprint density at radius 1 is 1.32 bits per heavy atom. The van der Waals surface area contributed by atoms with Crippen molar-refractivity contribution in [1.29, 1.82) is 0 Å². The lowest BCUT2D eigenvalue weighted by Gasteiger charge is -2.09. The summed E-state index contributed by atoms with van der Waals surface area (Å²) in [6, 6.07) is 9.48. The molecule has 0 fully saturated rings. The molecule has 0 atom stereocenters. The second-order valence-electron chi connectivity index (χ2n) is 4.10. The van der Waals surface area contributed by atoms with Gasteiger partial charge in [-0.15, -0.1) is 0 Å². The van der Waals surface area contributed by atoms with Crippen molar-refractivity contribution in [3.63, 3.8) is 0 Å². The summed E-state index contributed by atoms with van der Waals surface area (Å²) in [6.45, 7) is 3.68. The minimum Gasteiger partial charge on any atom is -0.343 e. The second kappa shape index (κ2) is 5.71. The monoisotopic (exact) mass is 277 g/mol. The Bertz CT molecular complexity index is 634. The van der Waals surface area contributed by atoms with Gasteiger partial charge in [0, 0.05) is 0 Å². The lowest BCUT2D eigenvalue weighted by Crippen LogP contribution is -2.25. The van der Waals surface area contributed by atoms with Gasteiger partial charge in [0.15, 0.2) is 0 Å². The van der Waals surface area contributed by atoms with Crippen molar-refractivity contribution >= 4 is 15.7 Å². The van der Waals surface area contributed by atoms with Gasteiger partial charge in [-0.3, -0.25) is 4.72 Å². The van der Waals surface area contributed by atoms with E-state index in [2.05, 4.69) is 21.3 Å². The molecule has 0 aliphatic rings. The van der Waals surface area contributed by atoms with Crippen LogP contribution in [0.25, 0.3) is 5.70 Å². The van der Waals surface area contributed by atoms with Crippen molar-refractivity contribution in [1.82, 2.24) is 14.7 Å². The van der Waals surface area contributed by atoms with Crippen molar-refractivity contribution in [2.75, 3.05) is 5.75 Å². The highest BCUT2D eigenvalue weighted by molar-refractivity contribution is 7.89. The number of aromatic nitrogens is 2. The van der Waals surface area contributed by atoms with Crippen LogP contribution in [0, 0.1) is 0 Å². The quantitative estimate of drug-likeness (QED) is 0.841. The van der Waals surface area contributed by atoms with Crippen molar-refractivity contribution in [2.45, 2.75) is 6.42 Å². The summed E-state index contributed by atoms with van der Waals surface area (Å²) < 4.78 is 26.2. The van der Waals surface area contributed by atoms with Gasteiger partial charge in [-0.25, -0.2) is 13.4 Å². The first-order valence-corrected chi connectivity index (χ1v) is 7.44. The average Bonchev–Trinajstić information content (AvgIpc) is 2.91. The molecule has 5 nitrogen and oxygen atoms in total. The van der Waals surface area contributed by atoms with E-state index in [-0.39, 0.29) is 5.75 Å². The molecule has 2 rings (SSSR count). The highest BCUT2D eigenvalue weighted by Gasteiger charge is 2.12. The van der Waals surface area contributed by atoms with Crippen molar-refractivity contribution in [2.24, 2.45) is 0 Å². The van der Waals surface area contributed by atoms with E-state index >= 15 is 0 Å². The zero-order valence-corrected chi connectivity index (χ0v) is 11.2. The van der Waals surface area contributed by atoms with Gasteiger partial charge in [-0.05, 0) is 12.0 Å². The van der Waals surface area contributed by atoms with Crippen molar-refractivity contribution in [3.8, 4) is 0 Å². The molecule has 0 amide bonds. The second-order valence-corrected chi connectivity index (χ2v) is 5.94. The van der Waals surface area contributed by atoms with Gasteiger partial charge in [0.25, 0.3) is 0 Å². The van der Waals surface area contributed by atoms with E-state index in [9.17, 15) is 8.42 Å². The zero-order chi connectivity index (χ0) is 13.7. The minimum atomic E-state index is -3.40. The van der Waals surface area contributed by atoms with Gasteiger partial charge in [-0.2, -0.15) is 0 Å². The molecular formula is C13H15N3O2S. The highest BCUT2D eigenvalue weighted by Crippen LogP contribution is 2.07. The summed E-state index contributed by atoms with van der Waals surface area (Å²) in [5, 5.41) is 0. The number of rotatable bonds is 6. The van der Waals surface area contributed by atoms with Crippen LogP contribution in [0.15, 0.2) is 49.4 Å². The first kappa shape index (κ1) is 13.4. The zero-order valence-electron chi connectivity index (χ0n) is 10.3. The molecule has 0 saturated heterocycles. The number of benzene rings is 1. The summed E-state index contributed by atoms with van der Waals surface area (Å²) in [4.78, 5) is 6.61. The largest absolute Gasteiger partial charge is 0.343 e. The third-order valence-corrected chi connectivity index (χ3v) is 3.90. The van der Waals surface area contributed by atoms with E-state index in [1.54, 1.807) is 0 Å².